The van der Waals surface area contributed by atoms with E-state index in [1.54, 1.807) is 0 Å². The van der Waals surface area contributed by atoms with Crippen molar-refractivity contribution in [2.75, 3.05) is 39.9 Å². The van der Waals surface area contributed by atoms with Crippen LogP contribution in [0, 0.1) is 0 Å². The van der Waals surface area contributed by atoms with E-state index < -0.39 is 10.2 Å². The minimum Gasteiger partial charge on any atom is -0.383 e. The summed E-state index contributed by atoms with van der Waals surface area (Å²) in [6.07, 6.45) is 3.89. The average Bonchev–Trinajstić information content (AvgIpc) is 2.30. The molecule has 1 rings (SSSR count). The predicted octanol–water partition coefficient (Wildman–Crippen LogP) is -0.633. The second kappa shape index (κ2) is 7.78. The normalized spacial score (nSPS) is 16.9. The maximum atomic E-state index is 11.4. The lowest BCUT2D eigenvalue weighted by atomic mass is 10.1. The lowest BCUT2D eigenvalue weighted by Gasteiger charge is -2.14. The standard InChI is InChI=1S/C10H21N3O3S/c1-16-9-8-13-17(14,15)12-7-4-10-2-5-11-6-3-10/h2,11-13H,3-9H2,1H3. The van der Waals surface area contributed by atoms with Crippen molar-refractivity contribution >= 4 is 10.2 Å². The average molecular weight is 263 g/mol. The fraction of sp³-hybridized carbons (Fsp3) is 0.800. The van der Waals surface area contributed by atoms with Crippen LogP contribution in [0.25, 0.3) is 0 Å². The summed E-state index contributed by atoms with van der Waals surface area (Å²) < 4.78 is 32.6. The fourth-order valence-corrected chi connectivity index (χ4v) is 2.40. The number of hydrogen-bond acceptors (Lipinski definition) is 4. The Kier molecular flexibility index (Phi) is 6.68. The van der Waals surface area contributed by atoms with Crippen LogP contribution in [-0.2, 0) is 14.9 Å². The molecule has 0 bridgehead atoms. The highest BCUT2D eigenvalue weighted by Gasteiger charge is 2.09. The molecule has 1 aliphatic rings. The Hall–Kier alpha value is -0.470. The Morgan fingerprint density at radius 3 is 2.82 bits per heavy atom. The van der Waals surface area contributed by atoms with Crippen LogP contribution in [0.15, 0.2) is 11.6 Å². The van der Waals surface area contributed by atoms with Crippen molar-refractivity contribution in [3.8, 4) is 0 Å². The molecule has 17 heavy (non-hydrogen) atoms. The lowest BCUT2D eigenvalue weighted by molar-refractivity contribution is 0.204. The van der Waals surface area contributed by atoms with E-state index in [0.717, 1.165) is 25.9 Å². The van der Waals surface area contributed by atoms with Crippen LogP contribution in [0.2, 0.25) is 0 Å². The predicted molar refractivity (Wildman–Crippen MR) is 67.0 cm³/mol. The van der Waals surface area contributed by atoms with Crippen LogP contribution in [0.1, 0.15) is 12.8 Å². The molecule has 0 spiro atoms. The summed E-state index contributed by atoms with van der Waals surface area (Å²) in [6, 6.07) is 0. The monoisotopic (exact) mass is 263 g/mol. The smallest absolute Gasteiger partial charge is 0.276 e. The SMILES string of the molecule is COCCNS(=O)(=O)NCCC1=CCNCC1. The van der Waals surface area contributed by atoms with Gasteiger partial charge in [-0.15, -0.1) is 0 Å². The van der Waals surface area contributed by atoms with Gasteiger partial charge in [-0.05, 0) is 19.4 Å². The molecule has 0 atom stereocenters. The highest BCUT2D eigenvalue weighted by Crippen LogP contribution is 2.07. The molecule has 7 heteroatoms. The molecule has 0 saturated heterocycles. The zero-order valence-electron chi connectivity index (χ0n) is 10.2. The molecule has 1 heterocycles. The van der Waals surface area contributed by atoms with Crippen LogP contribution < -0.4 is 14.8 Å². The maximum absolute atomic E-state index is 11.4. The van der Waals surface area contributed by atoms with Crippen molar-refractivity contribution in [2.24, 2.45) is 0 Å². The van der Waals surface area contributed by atoms with E-state index in [-0.39, 0.29) is 0 Å². The first-order valence-electron chi connectivity index (χ1n) is 5.76. The summed E-state index contributed by atoms with van der Waals surface area (Å²) in [5.41, 5.74) is 1.31. The number of rotatable bonds is 8. The van der Waals surface area contributed by atoms with E-state index in [1.807, 2.05) is 0 Å². The molecule has 0 unspecified atom stereocenters. The molecule has 3 N–H and O–H groups in total. The molecule has 0 aliphatic carbocycles. The Balaban J connectivity index is 2.18. The molecule has 0 saturated carbocycles. The highest BCUT2D eigenvalue weighted by molar-refractivity contribution is 7.87. The Morgan fingerprint density at radius 1 is 1.41 bits per heavy atom. The van der Waals surface area contributed by atoms with E-state index in [0.29, 0.717) is 19.7 Å². The molecule has 0 radical (unpaired) electrons. The van der Waals surface area contributed by atoms with Gasteiger partial charge in [-0.2, -0.15) is 13.1 Å². The molecule has 0 amide bonds. The van der Waals surface area contributed by atoms with Crippen LogP contribution in [0.3, 0.4) is 0 Å². The van der Waals surface area contributed by atoms with Crippen LogP contribution in [-0.4, -0.2) is 48.3 Å². The Labute approximate surface area is 103 Å². The first-order chi connectivity index (χ1) is 8.14. The number of nitrogens with one attached hydrogen (secondary N) is 3. The minimum absolute atomic E-state index is 0.290. The molecular weight excluding hydrogens is 242 g/mol. The summed E-state index contributed by atoms with van der Waals surface area (Å²) in [7, 11) is -1.84. The van der Waals surface area contributed by atoms with Crippen LogP contribution in [0.5, 0.6) is 0 Å². The van der Waals surface area contributed by atoms with Crippen LogP contribution >= 0.6 is 0 Å². The second-order valence-electron chi connectivity index (χ2n) is 3.85. The summed E-state index contributed by atoms with van der Waals surface area (Å²) in [5.74, 6) is 0. The van der Waals surface area contributed by atoms with E-state index in [2.05, 4.69) is 20.8 Å². The van der Waals surface area contributed by atoms with E-state index >= 15 is 0 Å². The Morgan fingerprint density at radius 2 is 2.18 bits per heavy atom. The molecule has 6 nitrogen and oxygen atoms in total. The van der Waals surface area contributed by atoms with E-state index in [4.69, 9.17) is 4.74 Å². The lowest BCUT2D eigenvalue weighted by Crippen LogP contribution is -2.38. The van der Waals surface area contributed by atoms with Crippen molar-refractivity contribution in [1.29, 1.82) is 0 Å². The van der Waals surface area contributed by atoms with Gasteiger partial charge in [-0.3, -0.25) is 0 Å². The molecular formula is C10H21N3O3S. The second-order valence-corrected chi connectivity index (χ2v) is 5.44. The van der Waals surface area contributed by atoms with Crippen LogP contribution in [0.4, 0.5) is 0 Å². The summed E-state index contributed by atoms with van der Waals surface area (Å²) in [5, 5.41) is 3.21. The van der Waals surface area contributed by atoms with Gasteiger partial charge in [-0.25, -0.2) is 4.72 Å². The van der Waals surface area contributed by atoms with E-state index in [9.17, 15) is 8.42 Å². The van der Waals surface area contributed by atoms with Crippen molar-refractivity contribution in [3.05, 3.63) is 11.6 Å². The van der Waals surface area contributed by atoms with Gasteiger partial charge in [0.2, 0.25) is 0 Å². The number of hydrogen-bond donors (Lipinski definition) is 3. The summed E-state index contributed by atoms with van der Waals surface area (Å²) in [4.78, 5) is 0. The third-order valence-electron chi connectivity index (χ3n) is 2.49. The molecule has 1 aliphatic heterocycles. The van der Waals surface area contributed by atoms with Gasteiger partial charge in [0.1, 0.15) is 0 Å². The van der Waals surface area contributed by atoms with Gasteiger partial charge in [-0.1, -0.05) is 11.6 Å². The number of ether oxygens (including phenoxy) is 1. The minimum atomic E-state index is -3.38. The van der Waals surface area contributed by atoms with Crippen molar-refractivity contribution in [2.45, 2.75) is 12.8 Å². The van der Waals surface area contributed by atoms with E-state index in [1.165, 1.54) is 12.7 Å². The first-order valence-corrected chi connectivity index (χ1v) is 7.24. The third kappa shape index (κ3) is 6.75. The van der Waals surface area contributed by atoms with Gasteiger partial charge in [0.25, 0.3) is 10.2 Å². The molecule has 0 aromatic rings. The van der Waals surface area contributed by atoms with Gasteiger partial charge in [0, 0.05) is 26.7 Å². The zero-order valence-corrected chi connectivity index (χ0v) is 11.0. The molecule has 100 valence electrons. The largest absolute Gasteiger partial charge is 0.383 e. The van der Waals surface area contributed by atoms with Gasteiger partial charge in [0.05, 0.1) is 6.61 Å². The molecule has 0 aromatic carbocycles. The quantitative estimate of drug-likeness (QED) is 0.402. The summed E-state index contributed by atoms with van der Waals surface area (Å²) >= 11 is 0. The zero-order chi connectivity index (χ0) is 12.6. The van der Waals surface area contributed by atoms with Crippen molar-refractivity contribution in [1.82, 2.24) is 14.8 Å². The van der Waals surface area contributed by atoms with Crippen molar-refractivity contribution in [3.63, 3.8) is 0 Å². The van der Waals surface area contributed by atoms with Gasteiger partial charge in [0.15, 0.2) is 0 Å². The number of methoxy groups -OCH3 is 1. The Bertz CT molecular complexity index is 341. The van der Waals surface area contributed by atoms with Crippen molar-refractivity contribution < 1.29 is 13.2 Å². The topological polar surface area (TPSA) is 79.5 Å². The maximum Gasteiger partial charge on any atom is 0.276 e. The van der Waals surface area contributed by atoms with Gasteiger partial charge >= 0.3 is 0 Å². The summed E-state index contributed by atoms with van der Waals surface area (Å²) in [6.45, 7) is 2.96. The first kappa shape index (κ1) is 14.6. The van der Waals surface area contributed by atoms with Gasteiger partial charge < -0.3 is 10.1 Å². The molecule has 0 aromatic heterocycles. The molecule has 0 fully saturated rings. The highest BCUT2D eigenvalue weighted by atomic mass is 32.2. The fourth-order valence-electron chi connectivity index (χ4n) is 1.57. The third-order valence-corrected chi connectivity index (χ3v) is 3.66.